The molecule has 5 nitrogen and oxygen atoms in total. The molecule has 0 aliphatic carbocycles. The highest BCUT2D eigenvalue weighted by Crippen LogP contribution is 2.08. The summed E-state index contributed by atoms with van der Waals surface area (Å²) in [5, 5.41) is 6.80. The molecule has 0 radical (unpaired) electrons. The quantitative estimate of drug-likeness (QED) is 0.382. The van der Waals surface area contributed by atoms with E-state index < -0.39 is 0 Å². The molecule has 1 aromatic rings. The van der Waals surface area contributed by atoms with E-state index in [-0.39, 0.29) is 5.91 Å². The van der Waals surface area contributed by atoms with E-state index in [0.717, 1.165) is 36.5 Å². The van der Waals surface area contributed by atoms with Gasteiger partial charge in [0.1, 0.15) is 0 Å². The minimum atomic E-state index is 0.0336. The second-order valence-corrected chi connectivity index (χ2v) is 6.95. The third-order valence-electron chi connectivity index (χ3n) is 4.22. The molecule has 0 aromatic heterocycles. The second kappa shape index (κ2) is 12.3. The van der Waals surface area contributed by atoms with E-state index in [0.29, 0.717) is 12.6 Å². The van der Waals surface area contributed by atoms with E-state index in [2.05, 4.69) is 42.5 Å². The van der Waals surface area contributed by atoms with E-state index in [9.17, 15) is 4.79 Å². The minimum Gasteiger partial charge on any atom is -0.357 e. The molecule has 0 saturated carbocycles. The Labute approximate surface area is 159 Å². The number of hydrogen-bond donors (Lipinski definition) is 2. The van der Waals surface area contributed by atoms with Gasteiger partial charge in [-0.2, -0.15) is 0 Å². The van der Waals surface area contributed by atoms with Crippen molar-refractivity contribution < 1.29 is 4.79 Å². The fourth-order valence-electron chi connectivity index (χ4n) is 2.74. The van der Waals surface area contributed by atoms with Gasteiger partial charge in [-0.05, 0) is 44.4 Å². The van der Waals surface area contributed by atoms with Crippen LogP contribution in [-0.2, 0) is 6.42 Å². The van der Waals surface area contributed by atoms with Gasteiger partial charge in [-0.15, -0.1) is 0 Å². The summed E-state index contributed by atoms with van der Waals surface area (Å²) in [4.78, 5) is 18.4. The van der Waals surface area contributed by atoms with Crippen LogP contribution in [0.1, 0.15) is 62.4 Å². The van der Waals surface area contributed by atoms with Crippen molar-refractivity contribution in [1.29, 1.82) is 0 Å². The molecule has 0 aliphatic rings. The van der Waals surface area contributed by atoms with Crippen LogP contribution in [0.25, 0.3) is 0 Å². The summed E-state index contributed by atoms with van der Waals surface area (Å²) >= 11 is 0. The van der Waals surface area contributed by atoms with Crippen LogP contribution in [0.4, 0.5) is 0 Å². The number of nitrogens with one attached hydrogen (secondary N) is 2. The van der Waals surface area contributed by atoms with Crippen LogP contribution in [0.2, 0.25) is 0 Å². The number of benzene rings is 1. The van der Waals surface area contributed by atoms with Crippen molar-refractivity contribution in [3.05, 3.63) is 35.4 Å². The Bertz CT molecular complexity index is 569. The third-order valence-corrected chi connectivity index (χ3v) is 4.22. The van der Waals surface area contributed by atoms with E-state index in [1.807, 2.05) is 18.2 Å². The molecule has 146 valence electrons. The van der Waals surface area contributed by atoms with Crippen LogP contribution >= 0.6 is 0 Å². The molecular formula is C21H36N4O. The molecule has 0 aliphatic heterocycles. The van der Waals surface area contributed by atoms with E-state index in [4.69, 9.17) is 0 Å². The van der Waals surface area contributed by atoms with E-state index in [1.54, 1.807) is 19.0 Å². The minimum absolute atomic E-state index is 0.0336. The average Bonchev–Trinajstić information content (AvgIpc) is 2.61. The van der Waals surface area contributed by atoms with Gasteiger partial charge in [0.05, 0.1) is 0 Å². The lowest BCUT2D eigenvalue weighted by molar-refractivity contribution is 0.0827. The van der Waals surface area contributed by atoms with Crippen molar-refractivity contribution in [1.82, 2.24) is 15.5 Å². The lowest BCUT2D eigenvalue weighted by Gasteiger charge is -2.17. The monoisotopic (exact) mass is 360 g/mol. The van der Waals surface area contributed by atoms with Crippen molar-refractivity contribution >= 4 is 11.9 Å². The summed E-state index contributed by atoms with van der Waals surface area (Å²) in [6.45, 7) is 8.05. The first kappa shape index (κ1) is 22.0. The van der Waals surface area contributed by atoms with Gasteiger partial charge in [0, 0.05) is 38.8 Å². The Morgan fingerprint density at radius 1 is 1.23 bits per heavy atom. The van der Waals surface area contributed by atoms with Gasteiger partial charge >= 0.3 is 0 Å². The van der Waals surface area contributed by atoms with Crippen LogP contribution in [-0.4, -0.2) is 50.0 Å². The lowest BCUT2D eigenvalue weighted by Crippen LogP contribution is -2.42. The van der Waals surface area contributed by atoms with Gasteiger partial charge in [0.2, 0.25) is 0 Å². The van der Waals surface area contributed by atoms with Crippen LogP contribution in [0.5, 0.6) is 0 Å². The highest BCUT2D eigenvalue weighted by atomic mass is 16.2. The molecule has 5 heteroatoms. The average molecular weight is 361 g/mol. The number of aliphatic imine (C=N–C) groups is 1. The molecule has 26 heavy (non-hydrogen) atoms. The fourth-order valence-corrected chi connectivity index (χ4v) is 2.74. The number of nitrogens with zero attached hydrogens (tertiary/aromatic N) is 2. The summed E-state index contributed by atoms with van der Waals surface area (Å²) in [7, 11) is 3.55. The zero-order valence-corrected chi connectivity index (χ0v) is 17.1. The van der Waals surface area contributed by atoms with Gasteiger partial charge in [-0.3, -0.25) is 9.79 Å². The lowest BCUT2D eigenvalue weighted by atomic mass is 10.1. The molecule has 1 atom stereocenters. The van der Waals surface area contributed by atoms with Crippen molar-refractivity contribution in [3.8, 4) is 0 Å². The predicted octanol–water partition coefficient (Wildman–Crippen LogP) is 3.45. The van der Waals surface area contributed by atoms with Crippen molar-refractivity contribution in [2.75, 3.05) is 27.2 Å². The number of hydrogen-bond acceptors (Lipinski definition) is 2. The zero-order valence-electron chi connectivity index (χ0n) is 17.1. The van der Waals surface area contributed by atoms with Crippen molar-refractivity contribution in [2.45, 2.75) is 58.9 Å². The summed E-state index contributed by atoms with van der Waals surface area (Å²) < 4.78 is 0. The fraction of sp³-hybridized carbons (Fsp3) is 0.619. The summed E-state index contributed by atoms with van der Waals surface area (Å²) in [6.07, 6.45) is 5.75. The molecule has 1 aromatic carbocycles. The first-order chi connectivity index (χ1) is 12.5. The van der Waals surface area contributed by atoms with Crippen molar-refractivity contribution in [2.24, 2.45) is 4.99 Å². The summed E-state index contributed by atoms with van der Waals surface area (Å²) in [5.74, 6) is 0.906. The van der Waals surface area contributed by atoms with E-state index in [1.165, 1.54) is 19.3 Å². The highest BCUT2D eigenvalue weighted by Gasteiger charge is 2.08. The molecule has 0 heterocycles. The number of carbonyl (C=O) groups excluding carboxylic acids is 1. The second-order valence-electron chi connectivity index (χ2n) is 6.95. The Kier molecular flexibility index (Phi) is 10.4. The number of rotatable bonds is 10. The molecule has 0 spiro atoms. The maximum atomic E-state index is 12.1. The highest BCUT2D eigenvalue weighted by molar-refractivity contribution is 5.94. The van der Waals surface area contributed by atoms with E-state index >= 15 is 0 Å². The maximum Gasteiger partial charge on any atom is 0.253 e. The first-order valence-electron chi connectivity index (χ1n) is 9.83. The van der Waals surface area contributed by atoms with Crippen LogP contribution < -0.4 is 10.6 Å². The molecule has 0 fully saturated rings. The van der Waals surface area contributed by atoms with Gasteiger partial charge < -0.3 is 15.5 Å². The van der Waals surface area contributed by atoms with Gasteiger partial charge in [0.15, 0.2) is 5.96 Å². The Morgan fingerprint density at radius 3 is 2.65 bits per heavy atom. The van der Waals surface area contributed by atoms with Gasteiger partial charge in [-0.25, -0.2) is 0 Å². The van der Waals surface area contributed by atoms with Crippen molar-refractivity contribution in [3.63, 3.8) is 0 Å². The largest absolute Gasteiger partial charge is 0.357 e. The number of amides is 1. The van der Waals surface area contributed by atoms with Gasteiger partial charge in [-0.1, -0.05) is 38.3 Å². The summed E-state index contributed by atoms with van der Waals surface area (Å²) in [5.41, 5.74) is 1.86. The molecule has 0 saturated heterocycles. The SMILES string of the molecule is CCCCCC(C)NC(=NCCc1cccc(C(=O)N(C)C)c1)NCC. The molecule has 0 bridgehead atoms. The van der Waals surface area contributed by atoms with Crippen LogP contribution in [0.15, 0.2) is 29.3 Å². The van der Waals surface area contributed by atoms with Crippen LogP contribution in [0, 0.1) is 0 Å². The predicted molar refractivity (Wildman–Crippen MR) is 111 cm³/mol. The number of guanidine groups is 1. The normalized spacial score (nSPS) is 12.6. The Morgan fingerprint density at radius 2 is 2.00 bits per heavy atom. The topological polar surface area (TPSA) is 56.7 Å². The molecule has 1 rings (SSSR count). The Balaban J connectivity index is 2.59. The first-order valence-corrected chi connectivity index (χ1v) is 9.83. The third kappa shape index (κ3) is 8.37. The summed E-state index contributed by atoms with van der Waals surface area (Å²) in [6, 6.07) is 8.23. The standard InChI is InChI=1S/C21H36N4O/c1-6-8-9-11-17(3)24-21(22-7-2)23-15-14-18-12-10-13-19(16-18)20(26)25(4)5/h10,12-13,16-17H,6-9,11,14-15H2,1-5H3,(H2,22,23,24). The molecule has 1 unspecified atom stereocenters. The molecular weight excluding hydrogens is 324 g/mol. The van der Waals surface area contributed by atoms with Crippen LogP contribution in [0.3, 0.4) is 0 Å². The molecule has 2 N–H and O–H groups in total. The maximum absolute atomic E-state index is 12.1. The number of unbranched alkanes of at least 4 members (excludes halogenated alkanes) is 2. The molecule has 1 amide bonds. The smallest absolute Gasteiger partial charge is 0.253 e. The Hall–Kier alpha value is -2.04. The van der Waals surface area contributed by atoms with Gasteiger partial charge in [0.25, 0.3) is 5.91 Å². The zero-order chi connectivity index (χ0) is 19.4. The number of carbonyl (C=O) groups is 1.